The van der Waals surface area contributed by atoms with Crippen molar-refractivity contribution in [2.45, 2.75) is 13.0 Å². The average Bonchev–Trinajstić information content (AvgIpc) is 2.57. The second-order valence-corrected chi connectivity index (χ2v) is 5.84. The maximum absolute atomic E-state index is 12.3. The molecule has 0 aliphatic heterocycles. The molecule has 0 atom stereocenters. The minimum absolute atomic E-state index is 0.0454. The van der Waals surface area contributed by atoms with Crippen LogP contribution in [0, 0.1) is 0 Å². The Balaban J connectivity index is 1.97. The van der Waals surface area contributed by atoms with Crippen molar-refractivity contribution in [3.8, 4) is 11.5 Å². The highest BCUT2D eigenvalue weighted by atomic mass is 35.5. The third-order valence-corrected chi connectivity index (χ3v) is 3.88. The fourth-order valence-corrected chi connectivity index (χ4v) is 2.52. The summed E-state index contributed by atoms with van der Waals surface area (Å²) >= 11 is 11.8. The smallest absolute Gasteiger partial charge is 0.387 e. The molecule has 0 fully saturated rings. The number of nitrogens with one attached hydrogen (secondary N) is 1. The number of carbonyl (C=O) groups is 1. The van der Waals surface area contributed by atoms with Gasteiger partial charge in [-0.1, -0.05) is 29.3 Å². The van der Waals surface area contributed by atoms with Gasteiger partial charge in [-0.3, -0.25) is 4.79 Å². The average molecular weight is 390 g/mol. The highest BCUT2D eigenvalue weighted by Gasteiger charge is 2.12. The van der Waals surface area contributed by atoms with Crippen LogP contribution in [0.1, 0.15) is 15.9 Å². The highest BCUT2D eigenvalue weighted by molar-refractivity contribution is 6.35. The molecule has 2 aromatic carbocycles. The van der Waals surface area contributed by atoms with Gasteiger partial charge in [0.05, 0.1) is 17.7 Å². The van der Waals surface area contributed by atoms with Crippen LogP contribution in [0.5, 0.6) is 11.5 Å². The molecule has 134 valence electrons. The number of alkyl halides is 2. The monoisotopic (exact) mass is 389 g/mol. The van der Waals surface area contributed by atoms with Crippen LogP contribution >= 0.6 is 23.2 Å². The first-order chi connectivity index (χ1) is 11.9. The first-order valence-electron chi connectivity index (χ1n) is 7.25. The number of rotatable bonds is 7. The van der Waals surface area contributed by atoms with Crippen LogP contribution in [0.25, 0.3) is 0 Å². The topological polar surface area (TPSA) is 47.6 Å². The van der Waals surface area contributed by atoms with E-state index in [-0.39, 0.29) is 23.0 Å². The summed E-state index contributed by atoms with van der Waals surface area (Å²) in [6.45, 7) is -2.61. The molecule has 25 heavy (non-hydrogen) atoms. The number of methoxy groups -OCH3 is 1. The Bertz CT molecular complexity index is 757. The molecule has 8 heteroatoms. The number of halogens is 4. The molecule has 0 unspecified atom stereocenters. The second kappa shape index (κ2) is 8.87. The summed E-state index contributed by atoms with van der Waals surface area (Å²) < 4.78 is 34.0. The van der Waals surface area contributed by atoms with Crippen molar-refractivity contribution >= 4 is 29.1 Å². The summed E-state index contributed by atoms with van der Waals surface area (Å²) in [5.41, 5.74) is 1.07. The largest absolute Gasteiger partial charge is 0.493 e. The minimum atomic E-state index is -2.93. The molecule has 0 saturated carbocycles. The summed E-state index contributed by atoms with van der Waals surface area (Å²) in [4.78, 5) is 12.1. The first kappa shape index (κ1) is 19.3. The Kier molecular flexibility index (Phi) is 6.84. The fraction of sp³-hybridized carbons (Fsp3) is 0.235. The van der Waals surface area contributed by atoms with Crippen LogP contribution in [0.2, 0.25) is 10.0 Å². The Labute approximate surface area is 153 Å². The van der Waals surface area contributed by atoms with Crippen LogP contribution in [0.15, 0.2) is 36.4 Å². The van der Waals surface area contributed by atoms with E-state index in [1.54, 1.807) is 24.3 Å². The van der Waals surface area contributed by atoms with Crippen LogP contribution in [0.3, 0.4) is 0 Å². The van der Waals surface area contributed by atoms with Crippen molar-refractivity contribution in [2.24, 2.45) is 0 Å². The van der Waals surface area contributed by atoms with Crippen molar-refractivity contribution in [3.63, 3.8) is 0 Å². The minimum Gasteiger partial charge on any atom is -0.493 e. The lowest BCUT2D eigenvalue weighted by atomic mass is 10.1. The van der Waals surface area contributed by atoms with Gasteiger partial charge >= 0.3 is 6.61 Å². The van der Waals surface area contributed by atoms with Crippen LogP contribution < -0.4 is 14.8 Å². The zero-order valence-electron chi connectivity index (χ0n) is 13.2. The molecule has 0 aromatic heterocycles. The molecular formula is C17H15Cl2F2NO3. The zero-order valence-corrected chi connectivity index (χ0v) is 14.7. The van der Waals surface area contributed by atoms with Gasteiger partial charge in [0, 0.05) is 11.6 Å². The number of amides is 1. The Morgan fingerprint density at radius 2 is 1.92 bits per heavy atom. The first-order valence-corrected chi connectivity index (χ1v) is 8.01. The predicted octanol–water partition coefficient (Wildman–Crippen LogP) is 4.58. The van der Waals surface area contributed by atoms with Gasteiger partial charge in [0.2, 0.25) is 0 Å². The molecule has 0 radical (unpaired) electrons. The quantitative estimate of drug-likeness (QED) is 0.753. The standard InChI is InChI=1S/C17H15Cl2F2NO3/c1-24-15-8-10(2-5-14(15)25-17(20)21)6-7-22-16(23)12-9-11(18)3-4-13(12)19/h2-5,8-9,17H,6-7H2,1H3,(H,22,23). The maximum atomic E-state index is 12.3. The molecule has 0 aliphatic carbocycles. The lowest BCUT2D eigenvalue weighted by Crippen LogP contribution is -2.26. The van der Waals surface area contributed by atoms with Crippen molar-refractivity contribution in [1.29, 1.82) is 0 Å². The third kappa shape index (κ3) is 5.47. The summed E-state index contributed by atoms with van der Waals surface area (Å²) in [6, 6.07) is 9.23. The molecule has 0 aliphatic rings. The van der Waals surface area contributed by atoms with Crippen LogP contribution in [0.4, 0.5) is 8.78 Å². The predicted molar refractivity (Wildman–Crippen MR) is 92.1 cm³/mol. The Hall–Kier alpha value is -2.05. The molecule has 4 nitrogen and oxygen atoms in total. The van der Waals surface area contributed by atoms with Crippen molar-refractivity contribution in [2.75, 3.05) is 13.7 Å². The van der Waals surface area contributed by atoms with E-state index in [2.05, 4.69) is 10.1 Å². The van der Waals surface area contributed by atoms with E-state index < -0.39 is 6.61 Å². The molecule has 1 amide bonds. The normalized spacial score (nSPS) is 10.6. The number of ether oxygens (including phenoxy) is 2. The van der Waals surface area contributed by atoms with Crippen molar-refractivity contribution in [3.05, 3.63) is 57.6 Å². The summed E-state index contributed by atoms with van der Waals surface area (Å²) in [5, 5.41) is 3.44. The highest BCUT2D eigenvalue weighted by Crippen LogP contribution is 2.29. The SMILES string of the molecule is COc1cc(CCNC(=O)c2cc(Cl)ccc2Cl)ccc1OC(F)F. The molecule has 2 aromatic rings. The van der Waals surface area contributed by atoms with Gasteiger partial charge in [0.1, 0.15) is 0 Å². The van der Waals surface area contributed by atoms with Gasteiger partial charge in [0.25, 0.3) is 5.91 Å². The third-order valence-electron chi connectivity index (χ3n) is 3.32. The van der Waals surface area contributed by atoms with E-state index in [1.165, 1.54) is 19.2 Å². The molecule has 0 saturated heterocycles. The van der Waals surface area contributed by atoms with Gasteiger partial charge in [0.15, 0.2) is 11.5 Å². The van der Waals surface area contributed by atoms with Crippen LogP contribution in [-0.4, -0.2) is 26.2 Å². The van der Waals surface area contributed by atoms with E-state index in [1.807, 2.05) is 0 Å². The number of benzene rings is 2. The molecule has 2 rings (SSSR count). The number of hydrogen-bond acceptors (Lipinski definition) is 3. The summed E-state index contributed by atoms with van der Waals surface area (Å²) in [6.07, 6.45) is 0.468. The van der Waals surface area contributed by atoms with E-state index in [0.717, 1.165) is 5.56 Å². The molecular weight excluding hydrogens is 375 g/mol. The number of carbonyl (C=O) groups excluding carboxylic acids is 1. The Morgan fingerprint density at radius 3 is 2.60 bits per heavy atom. The zero-order chi connectivity index (χ0) is 18.4. The summed E-state index contributed by atoms with van der Waals surface area (Å²) in [7, 11) is 1.36. The summed E-state index contributed by atoms with van der Waals surface area (Å²) in [5.74, 6) is -0.199. The van der Waals surface area contributed by atoms with E-state index in [0.29, 0.717) is 23.0 Å². The van der Waals surface area contributed by atoms with Gasteiger partial charge in [-0.15, -0.1) is 0 Å². The van der Waals surface area contributed by atoms with E-state index in [9.17, 15) is 13.6 Å². The van der Waals surface area contributed by atoms with Gasteiger partial charge in [-0.2, -0.15) is 8.78 Å². The van der Waals surface area contributed by atoms with Crippen LogP contribution in [-0.2, 0) is 6.42 Å². The molecule has 0 heterocycles. The van der Waals surface area contributed by atoms with Crippen molar-refractivity contribution < 1.29 is 23.0 Å². The van der Waals surface area contributed by atoms with Crippen molar-refractivity contribution in [1.82, 2.24) is 5.32 Å². The van der Waals surface area contributed by atoms with Gasteiger partial charge < -0.3 is 14.8 Å². The fourth-order valence-electron chi connectivity index (χ4n) is 2.15. The lowest BCUT2D eigenvalue weighted by Gasteiger charge is -2.12. The van der Waals surface area contributed by atoms with E-state index in [4.69, 9.17) is 27.9 Å². The molecule has 0 bridgehead atoms. The van der Waals surface area contributed by atoms with E-state index >= 15 is 0 Å². The Morgan fingerprint density at radius 1 is 1.16 bits per heavy atom. The number of hydrogen-bond donors (Lipinski definition) is 1. The lowest BCUT2D eigenvalue weighted by molar-refractivity contribution is -0.0512. The van der Waals surface area contributed by atoms with Gasteiger partial charge in [-0.25, -0.2) is 0 Å². The maximum Gasteiger partial charge on any atom is 0.387 e. The second-order valence-electron chi connectivity index (χ2n) is 4.99. The molecule has 0 spiro atoms. The van der Waals surface area contributed by atoms with Gasteiger partial charge in [-0.05, 0) is 42.3 Å². The molecule has 1 N–H and O–H groups in total.